The quantitative estimate of drug-likeness (QED) is 0.676. The lowest BCUT2D eigenvalue weighted by atomic mass is 9.77. The lowest BCUT2D eigenvalue weighted by Crippen LogP contribution is -2.37. The Morgan fingerprint density at radius 2 is 1.86 bits per heavy atom. The number of nitrogens with two attached hydrogens (primary N) is 1. The van der Waals surface area contributed by atoms with Crippen molar-refractivity contribution in [2.75, 3.05) is 12.3 Å². The highest BCUT2D eigenvalue weighted by molar-refractivity contribution is 6.23. The minimum Gasteiger partial charge on any atom is -0.398 e. The van der Waals surface area contributed by atoms with E-state index >= 15 is 0 Å². The molecule has 0 fully saturated rings. The maximum absolute atomic E-state index is 12.4. The molecular formula is C17H14N2O2. The van der Waals surface area contributed by atoms with Gasteiger partial charge in [-0.25, -0.2) is 0 Å². The zero-order valence-corrected chi connectivity index (χ0v) is 11.4. The van der Waals surface area contributed by atoms with E-state index < -0.39 is 0 Å². The molecule has 1 atom stereocenters. The number of amides is 2. The second kappa shape index (κ2) is 4.19. The second-order valence-corrected chi connectivity index (χ2v) is 5.59. The summed E-state index contributed by atoms with van der Waals surface area (Å²) in [6.07, 6.45) is 0.916. The van der Waals surface area contributed by atoms with Gasteiger partial charge in [0, 0.05) is 18.2 Å². The number of carbonyl (C=O) groups excluding carboxylic acids is 2. The number of hydrogen-bond acceptors (Lipinski definition) is 3. The Balaban J connectivity index is 1.63. The van der Waals surface area contributed by atoms with Crippen LogP contribution < -0.4 is 5.73 Å². The molecular weight excluding hydrogens is 264 g/mol. The van der Waals surface area contributed by atoms with Crippen LogP contribution in [0.2, 0.25) is 0 Å². The van der Waals surface area contributed by atoms with Crippen molar-refractivity contribution in [3.63, 3.8) is 0 Å². The first kappa shape index (κ1) is 12.1. The van der Waals surface area contributed by atoms with E-state index in [4.69, 9.17) is 5.73 Å². The van der Waals surface area contributed by atoms with Gasteiger partial charge in [0.1, 0.15) is 0 Å². The summed E-state index contributed by atoms with van der Waals surface area (Å²) in [5.74, 6) is -0.256. The van der Waals surface area contributed by atoms with E-state index in [-0.39, 0.29) is 17.7 Å². The van der Waals surface area contributed by atoms with Crippen molar-refractivity contribution >= 4 is 17.5 Å². The largest absolute Gasteiger partial charge is 0.398 e. The van der Waals surface area contributed by atoms with Crippen LogP contribution in [0.1, 0.15) is 37.8 Å². The highest BCUT2D eigenvalue weighted by Gasteiger charge is 2.39. The molecule has 1 unspecified atom stereocenters. The van der Waals surface area contributed by atoms with Gasteiger partial charge in [-0.05, 0) is 29.7 Å². The van der Waals surface area contributed by atoms with Crippen molar-refractivity contribution in [1.82, 2.24) is 4.90 Å². The molecule has 4 heteroatoms. The van der Waals surface area contributed by atoms with Gasteiger partial charge in [-0.15, -0.1) is 0 Å². The molecule has 2 aromatic carbocycles. The summed E-state index contributed by atoms with van der Waals surface area (Å²) < 4.78 is 0. The summed E-state index contributed by atoms with van der Waals surface area (Å²) in [5, 5.41) is 0. The van der Waals surface area contributed by atoms with Gasteiger partial charge in [-0.2, -0.15) is 0 Å². The standard InChI is InChI=1S/C17H14N2O2/c18-14-7-3-6-13-15(14)17(21)19(16(13)20)9-11-8-10-4-1-2-5-12(10)11/h1-7,11H,8-9,18H2. The Morgan fingerprint density at radius 1 is 1.05 bits per heavy atom. The number of fused-ring (bicyclic) bond motifs is 2. The Morgan fingerprint density at radius 3 is 2.62 bits per heavy atom. The lowest BCUT2D eigenvalue weighted by molar-refractivity contribution is 0.0641. The van der Waals surface area contributed by atoms with Crippen molar-refractivity contribution in [1.29, 1.82) is 0 Å². The number of anilines is 1. The van der Waals surface area contributed by atoms with E-state index in [2.05, 4.69) is 12.1 Å². The summed E-state index contributed by atoms with van der Waals surface area (Å²) >= 11 is 0. The molecule has 1 aliphatic heterocycles. The van der Waals surface area contributed by atoms with E-state index in [0.717, 1.165) is 6.42 Å². The molecule has 2 N–H and O–H groups in total. The highest BCUT2D eigenvalue weighted by atomic mass is 16.2. The van der Waals surface area contributed by atoms with Gasteiger partial charge in [0.25, 0.3) is 11.8 Å². The topological polar surface area (TPSA) is 63.4 Å². The van der Waals surface area contributed by atoms with Gasteiger partial charge in [0.15, 0.2) is 0 Å². The molecule has 2 amide bonds. The summed E-state index contributed by atoms with van der Waals surface area (Å²) in [7, 11) is 0. The second-order valence-electron chi connectivity index (χ2n) is 5.59. The molecule has 0 bridgehead atoms. The molecule has 0 radical (unpaired) electrons. The number of hydrogen-bond donors (Lipinski definition) is 1. The molecule has 2 aromatic rings. The zero-order valence-electron chi connectivity index (χ0n) is 11.4. The fourth-order valence-electron chi connectivity index (χ4n) is 3.27. The molecule has 4 rings (SSSR count). The molecule has 0 saturated heterocycles. The normalized spacial score (nSPS) is 19.2. The van der Waals surface area contributed by atoms with E-state index in [1.807, 2.05) is 12.1 Å². The summed E-state index contributed by atoms with van der Waals surface area (Å²) in [4.78, 5) is 26.2. The molecule has 1 aliphatic carbocycles. The third-order valence-corrected chi connectivity index (χ3v) is 4.40. The molecule has 4 nitrogen and oxygen atoms in total. The molecule has 2 aliphatic rings. The summed E-state index contributed by atoms with van der Waals surface area (Å²) in [6.45, 7) is 0.433. The third-order valence-electron chi connectivity index (χ3n) is 4.40. The first-order valence-corrected chi connectivity index (χ1v) is 6.99. The van der Waals surface area contributed by atoms with Gasteiger partial charge in [-0.1, -0.05) is 30.3 Å². The summed E-state index contributed by atoms with van der Waals surface area (Å²) in [6, 6.07) is 13.2. The number of benzene rings is 2. The van der Waals surface area contributed by atoms with Gasteiger partial charge in [0.2, 0.25) is 0 Å². The minimum atomic E-state index is -0.266. The number of carbonyl (C=O) groups is 2. The van der Waals surface area contributed by atoms with Crippen LogP contribution in [-0.2, 0) is 6.42 Å². The highest BCUT2D eigenvalue weighted by Crippen LogP contribution is 2.37. The Bertz CT molecular complexity index is 782. The van der Waals surface area contributed by atoms with Crippen molar-refractivity contribution in [2.45, 2.75) is 12.3 Å². The van der Waals surface area contributed by atoms with E-state index in [1.54, 1.807) is 18.2 Å². The number of rotatable bonds is 2. The van der Waals surface area contributed by atoms with Crippen LogP contribution in [0.25, 0.3) is 0 Å². The monoisotopic (exact) mass is 278 g/mol. The molecule has 0 spiro atoms. The van der Waals surface area contributed by atoms with Crippen LogP contribution >= 0.6 is 0 Å². The van der Waals surface area contributed by atoms with Crippen LogP contribution in [0.4, 0.5) is 5.69 Å². The van der Waals surface area contributed by atoms with Crippen molar-refractivity contribution in [2.24, 2.45) is 0 Å². The predicted octanol–water partition coefficient (Wildman–Crippen LogP) is 2.20. The average molecular weight is 278 g/mol. The van der Waals surface area contributed by atoms with Gasteiger partial charge < -0.3 is 5.73 Å². The van der Waals surface area contributed by atoms with Crippen LogP contribution in [0.5, 0.6) is 0 Å². The van der Waals surface area contributed by atoms with Crippen molar-refractivity contribution in [3.05, 3.63) is 64.7 Å². The van der Waals surface area contributed by atoms with Crippen LogP contribution in [0.3, 0.4) is 0 Å². The van der Waals surface area contributed by atoms with E-state index in [9.17, 15) is 9.59 Å². The number of imide groups is 1. The lowest BCUT2D eigenvalue weighted by Gasteiger charge is -2.32. The Kier molecular flexibility index (Phi) is 2.42. The minimum absolute atomic E-state index is 0.230. The first-order chi connectivity index (χ1) is 10.2. The van der Waals surface area contributed by atoms with E-state index in [0.29, 0.717) is 23.4 Å². The Labute approximate surface area is 122 Å². The molecule has 104 valence electrons. The fraction of sp³-hybridized carbons (Fsp3) is 0.176. The fourth-order valence-corrected chi connectivity index (χ4v) is 3.27. The van der Waals surface area contributed by atoms with Crippen molar-refractivity contribution < 1.29 is 9.59 Å². The molecule has 0 saturated carbocycles. The Hall–Kier alpha value is -2.62. The van der Waals surface area contributed by atoms with Crippen LogP contribution in [0, 0.1) is 0 Å². The summed E-state index contributed by atoms with van der Waals surface area (Å²) in [5.41, 5.74) is 9.54. The molecule has 21 heavy (non-hydrogen) atoms. The maximum Gasteiger partial charge on any atom is 0.263 e. The number of nitrogen functional groups attached to an aromatic ring is 1. The number of nitrogens with zero attached hydrogens (tertiary/aromatic N) is 1. The maximum atomic E-state index is 12.4. The molecule has 1 heterocycles. The van der Waals surface area contributed by atoms with Gasteiger partial charge >= 0.3 is 0 Å². The van der Waals surface area contributed by atoms with Crippen LogP contribution in [0.15, 0.2) is 42.5 Å². The zero-order chi connectivity index (χ0) is 14.6. The van der Waals surface area contributed by atoms with Crippen LogP contribution in [-0.4, -0.2) is 23.3 Å². The molecule has 0 aromatic heterocycles. The smallest absolute Gasteiger partial charge is 0.263 e. The van der Waals surface area contributed by atoms with E-state index in [1.165, 1.54) is 16.0 Å². The third kappa shape index (κ3) is 1.62. The SMILES string of the molecule is Nc1cccc2c1C(=O)N(CC1Cc3ccccc31)C2=O. The average Bonchev–Trinajstić information content (AvgIpc) is 2.70. The van der Waals surface area contributed by atoms with Gasteiger partial charge in [-0.3, -0.25) is 14.5 Å². The first-order valence-electron chi connectivity index (χ1n) is 6.99. The van der Waals surface area contributed by atoms with Crippen molar-refractivity contribution in [3.8, 4) is 0 Å². The predicted molar refractivity (Wildman–Crippen MR) is 79.1 cm³/mol. The van der Waals surface area contributed by atoms with Gasteiger partial charge in [0.05, 0.1) is 11.1 Å².